The van der Waals surface area contributed by atoms with E-state index in [2.05, 4.69) is 0 Å². The van der Waals surface area contributed by atoms with Crippen LogP contribution in [0.25, 0.3) is 0 Å². The van der Waals surface area contributed by atoms with Crippen molar-refractivity contribution in [2.24, 2.45) is 0 Å². The van der Waals surface area contributed by atoms with Gasteiger partial charge in [0.05, 0.1) is 12.0 Å². The Kier molecular flexibility index (Phi) is 2.59. The standard InChI is InChI=1S/C15H14O3/c16-13-4-1-10(2-5-13)12-7-11-3-6-14(17)8-15(11)18-9-12/h1,3-4,6,8-9,16-17H,2,5,7H2. The lowest BCUT2D eigenvalue weighted by Gasteiger charge is -2.20. The molecular weight excluding hydrogens is 228 g/mol. The zero-order chi connectivity index (χ0) is 12.5. The van der Waals surface area contributed by atoms with Gasteiger partial charge in [0.15, 0.2) is 0 Å². The Labute approximate surface area is 105 Å². The molecule has 3 rings (SSSR count). The topological polar surface area (TPSA) is 49.7 Å². The maximum atomic E-state index is 9.38. The molecule has 1 aromatic rings. The number of rotatable bonds is 1. The molecule has 1 aromatic carbocycles. The molecule has 18 heavy (non-hydrogen) atoms. The molecular formula is C15H14O3. The Balaban J connectivity index is 1.87. The summed E-state index contributed by atoms with van der Waals surface area (Å²) in [7, 11) is 0. The van der Waals surface area contributed by atoms with Gasteiger partial charge >= 0.3 is 0 Å². The van der Waals surface area contributed by atoms with Crippen molar-refractivity contribution in [2.75, 3.05) is 0 Å². The molecule has 1 aliphatic carbocycles. The van der Waals surface area contributed by atoms with Crippen molar-refractivity contribution in [3.8, 4) is 11.5 Å². The third kappa shape index (κ3) is 1.99. The Morgan fingerprint density at radius 1 is 1.00 bits per heavy atom. The van der Waals surface area contributed by atoms with Crippen molar-refractivity contribution in [1.82, 2.24) is 0 Å². The molecule has 3 heteroatoms. The van der Waals surface area contributed by atoms with Crippen molar-refractivity contribution in [3.05, 3.63) is 59.1 Å². The molecule has 2 aliphatic rings. The predicted molar refractivity (Wildman–Crippen MR) is 68.6 cm³/mol. The number of hydrogen-bond acceptors (Lipinski definition) is 3. The van der Waals surface area contributed by atoms with E-state index in [9.17, 15) is 10.2 Å². The first-order chi connectivity index (χ1) is 8.72. The van der Waals surface area contributed by atoms with Crippen LogP contribution in [0.5, 0.6) is 11.5 Å². The molecule has 0 amide bonds. The van der Waals surface area contributed by atoms with Crippen LogP contribution in [0.2, 0.25) is 0 Å². The highest BCUT2D eigenvalue weighted by atomic mass is 16.5. The Morgan fingerprint density at radius 2 is 1.89 bits per heavy atom. The average Bonchev–Trinajstić information content (AvgIpc) is 2.39. The van der Waals surface area contributed by atoms with E-state index in [4.69, 9.17) is 4.74 Å². The van der Waals surface area contributed by atoms with Crippen LogP contribution in [0.4, 0.5) is 0 Å². The lowest BCUT2D eigenvalue weighted by Crippen LogP contribution is -2.06. The van der Waals surface area contributed by atoms with Crippen molar-refractivity contribution in [2.45, 2.75) is 19.3 Å². The van der Waals surface area contributed by atoms with Crippen LogP contribution in [-0.4, -0.2) is 10.2 Å². The molecule has 0 spiro atoms. The first kappa shape index (κ1) is 11.0. The number of phenolic OH excluding ortho intramolecular Hbond substituents is 1. The van der Waals surface area contributed by atoms with Gasteiger partial charge in [-0.15, -0.1) is 0 Å². The number of aliphatic hydroxyl groups excluding tert-OH is 1. The summed E-state index contributed by atoms with van der Waals surface area (Å²) < 4.78 is 5.55. The van der Waals surface area contributed by atoms with Gasteiger partial charge in [-0.1, -0.05) is 12.1 Å². The molecule has 2 N–H and O–H groups in total. The van der Waals surface area contributed by atoms with Crippen molar-refractivity contribution in [3.63, 3.8) is 0 Å². The molecule has 0 unspecified atom stereocenters. The molecule has 1 aliphatic heterocycles. The third-order valence-corrected chi connectivity index (χ3v) is 3.30. The van der Waals surface area contributed by atoms with Gasteiger partial charge in [0.2, 0.25) is 0 Å². The number of allylic oxidation sites excluding steroid dienone is 5. The smallest absolute Gasteiger partial charge is 0.133 e. The second kappa shape index (κ2) is 4.26. The Morgan fingerprint density at radius 3 is 2.67 bits per heavy atom. The molecule has 3 nitrogen and oxygen atoms in total. The van der Waals surface area contributed by atoms with E-state index in [1.165, 1.54) is 5.57 Å². The summed E-state index contributed by atoms with van der Waals surface area (Å²) in [5.41, 5.74) is 3.41. The number of phenols is 1. The maximum Gasteiger partial charge on any atom is 0.133 e. The van der Waals surface area contributed by atoms with Gasteiger partial charge in [-0.05, 0) is 35.3 Å². The van der Waals surface area contributed by atoms with Gasteiger partial charge in [0.1, 0.15) is 11.5 Å². The summed E-state index contributed by atoms with van der Waals surface area (Å²) in [6.07, 6.45) is 7.75. The summed E-state index contributed by atoms with van der Waals surface area (Å²) >= 11 is 0. The monoisotopic (exact) mass is 242 g/mol. The van der Waals surface area contributed by atoms with Crippen LogP contribution in [0.3, 0.4) is 0 Å². The molecule has 0 atom stereocenters. The van der Waals surface area contributed by atoms with E-state index in [0.717, 1.165) is 24.0 Å². The van der Waals surface area contributed by atoms with E-state index in [1.807, 2.05) is 12.1 Å². The van der Waals surface area contributed by atoms with Crippen LogP contribution in [0, 0.1) is 0 Å². The average molecular weight is 242 g/mol. The zero-order valence-corrected chi connectivity index (χ0v) is 9.89. The van der Waals surface area contributed by atoms with E-state index >= 15 is 0 Å². The fraction of sp³-hybridized carbons (Fsp3) is 0.200. The largest absolute Gasteiger partial charge is 0.512 e. The number of aromatic hydroxyl groups is 1. The van der Waals surface area contributed by atoms with Crippen LogP contribution >= 0.6 is 0 Å². The molecule has 1 heterocycles. The number of fused-ring (bicyclic) bond motifs is 1. The molecule has 92 valence electrons. The zero-order valence-electron chi connectivity index (χ0n) is 9.89. The highest BCUT2D eigenvalue weighted by molar-refractivity contribution is 5.49. The number of ether oxygens (including phenoxy) is 1. The highest BCUT2D eigenvalue weighted by Crippen LogP contribution is 2.34. The van der Waals surface area contributed by atoms with E-state index < -0.39 is 0 Å². The summed E-state index contributed by atoms with van der Waals surface area (Å²) in [6, 6.07) is 5.18. The summed E-state index contributed by atoms with van der Waals surface area (Å²) in [4.78, 5) is 0. The second-order valence-corrected chi connectivity index (χ2v) is 4.58. The molecule has 0 bridgehead atoms. The van der Waals surface area contributed by atoms with Crippen LogP contribution in [0.1, 0.15) is 18.4 Å². The highest BCUT2D eigenvalue weighted by Gasteiger charge is 2.17. The first-order valence-electron chi connectivity index (χ1n) is 5.99. The third-order valence-electron chi connectivity index (χ3n) is 3.30. The first-order valence-corrected chi connectivity index (χ1v) is 5.99. The number of benzene rings is 1. The van der Waals surface area contributed by atoms with Crippen LogP contribution in [0.15, 0.2) is 53.5 Å². The Hall–Kier alpha value is -2.16. The second-order valence-electron chi connectivity index (χ2n) is 4.58. The van der Waals surface area contributed by atoms with E-state index in [1.54, 1.807) is 24.5 Å². The molecule has 0 saturated heterocycles. The van der Waals surface area contributed by atoms with E-state index in [-0.39, 0.29) is 5.75 Å². The van der Waals surface area contributed by atoms with E-state index in [0.29, 0.717) is 17.9 Å². The minimum Gasteiger partial charge on any atom is -0.512 e. The van der Waals surface area contributed by atoms with Gasteiger partial charge < -0.3 is 14.9 Å². The maximum absolute atomic E-state index is 9.38. The molecule has 0 fully saturated rings. The fourth-order valence-corrected chi connectivity index (χ4v) is 2.26. The minimum absolute atomic E-state index is 0.218. The number of hydrogen-bond donors (Lipinski definition) is 2. The lowest BCUT2D eigenvalue weighted by molar-refractivity contribution is 0.385. The lowest BCUT2D eigenvalue weighted by atomic mass is 9.91. The summed E-state index contributed by atoms with van der Waals surface area (Å²) in [5.74, 6) is 1.37. The predicted octanol–water partition coefficient (Wildman–Crippen LogP) is 3.37. The van der Waals surface area contributed by atoms with Gasteiger partial charge in [0, 0.05) is 18.9 Å². The van der Waals surface area contributed by atoms with Gasteiger partial charge in [-0.3, -0.25) is 0 Å². The number of aliphatic hydroxyl groups is 1. The Bertz CT molecular complexity index is 579. The molecule has 0 aromatic heterocycles. The fourth-order valence-electron chi connectivity index (χ4n) is 2.26. The molecule has 0 saturated carbocycles. The van der Waals surface area contributed by atoms with Crippen molar-refractivity contribution in [1.29, 1.82) is 0 Å². The van der Waals surface area contributed by atoms with Gasteiger partial charge in [0.25, 0.3) is 0 Å². The van der Waals surface area contributed by atoms with Gasteiger partial charge in [-0.25, -0.2) is 0 Å². The minimum atomic E-state index is 0.218. The van der Waals surface area contributed by atoms with Gasteiger partial charge in [-0.2, -0.15) is 0 Å². The van der Waals surface area contributed by atoms with Crippen LogP contribution in [-0.2, 0) is 6.42 Å². The summed E-state index contributed by atoms with van der Waals surface area (Å²) in [6.45, 7) is 0. The van der Waals surface area contributed by atoms with Crippen molar-refractivity contribution < 1.29 is 14.9 Å². The normalized spacial score (nSPS) is 18.1. The summed E-state index contributed by atoms with van der Waals surface area (Å²) in [5, 5.41) is 18.7. The quantitative estimate of drug-likeness (QED) is 0.793. The van der Waals surface area contributed by atoms with Crippen LogP contribution < -0.4 is 4.74 Å². The SMILES string of the molecule is OC1=CC=C(C2=COc3cc(O)ccc3C2)CC1. The van der Waals surface area contributed by atoms with Crippen molar-refractivity contribution >= 4 is 0 Å². The molecule has 0 radical (unpaired) electrons.